The Hall–Kier alpha value is -1.01. The zero-order valence-corrected chi connectivity index (χ0v) is 11.1. The van der Waals surface area contributed by atoms with Gasteiger partial charge in [0.15, 0.2) is 0 Å². The SMILES string of the molecule is Cc1csc(C(NN)c2ccc(F)cc2F)c1Cl. The molecule has 0 saturated carbocycles. The number of aryl methyl sites for hydroxylation is 1. The Morgan fingerprint density at radius 2 is 2.11 bits per heavy atom. The van der Waals surface area contributed by atoms with Crippen LogP contribution in [-0.4, -0.2) is 0 Å². The molecular formula is C12H11ClF2N2S. The van der Waals surface area contributed by atoms with Crippen LogP contribution in [-0.2, 0) is 0 Å². The van der Waals surface area contributed by atoms with Gasteiger partial charge in [0.1, 0.15) is 11.6 Å². The summed E-state index contributed by atoms with van der Waals surface area (Å²) in [4.78, 5) is 0.710. The Morgan fingerprint density at radius 1 is 1.39 bits per heavy atom. The lowest BCUT2D eigenvalue weighted by atomic mass is 10.0. The van der Waals surface area contributed by atoms with Gasteiger partial charge in [0.25, 0.3) is 0 Å². The second-order valence-electron chi connectivity index (χ2n) is 3.86. The largest absolute Gasteiger partial charge is 0.271 e. The van der Waals surface area contributed by atoms with Crippen molar-refractivity contribution in [3.05, 3.63) is 56.2 Å². The van der Waals surface area contributed by atoms with Crippen molar-refractivity contribution >= 4 is 22.9 Å². The van der Waals surface area contributed by atoms with Crippen molar-refractivity contribution in [1.82, 2.24) is 5.43 Å². The molecule has 2 aromatic rings. The molecule has 0 radical (unpaired) electrons. The lowest BCUT2D eigenvalue weighted by molar-refractivity contribution is 0.544. The lowest BCUT2D eigenvalue weighted by Crippen LogP contribution is -2.29. The van der Waals surface area contributed by atoms with Gasteiger partial charge in [-0.15, -0.1) is 11.3 Å². The number of benzene rings is 1. The molecule has 6 heteroatoms. The maximum absolute atomic E-state index is 13.7. The van der Waals surface area contributed by atoms with Crippen molar-refractivity contribution in [2.45, 2.75) is 13.0 Å². The average molecular weight is 289 g/mol. The number of hydrogen-bond donors (Lipinski definition) is 2. The quantitative estimate of drug-likeness (QED) is 0.670. The van der Waals surface area contributed by atoms with Gasteiger partial charge >= 0.3 is 0 Å². The van der Waals surface area contributed by atoms with Gasteiger partial charge in [-0.1, -0.05) is 17.7 Å². The number of nitrogens with one attached hydrogen (secondary N) is 1. The molecule has 0 saturated heterocycles. The molecule has 1 unspecified atom stereocenters. The maximum Gasteiger partial charge on any atom is 0.131 e. The standard InChI is InChI=1S/C12H11ClF2N2S/c1-6-5-18-12(10(6)13)11(17-16)8-3-2-7(14)4-9(8)15/h2-5,11,17H,16H2,1H3. The predicted octanol–water partition coefficient (Wildman–Crippen LogP) is 3.54. The molecule has 2 nitrogen and oxygen atoms in total. The van der Waals surface area contributed by atoms with Crippen LogP contribution in [0.5, 0.6) is 0 Å². The minimum atomic E-state index is -0.653. The van der Waals surface area contributed by atoms with E-state index in [-0.39, 0.29) is 5.56 Å². The Balaban J connectivity index is 2.48. The fourth-order valence-corrected chi connectivity index (χ4v) is 3.07. The van der Waals surface area contributed by atoms with E-state index in [0.29, 0.717) is 9.90 Å². The van der Waals surface area contributed by atoms with Gasteiger partial charge in [-0.2, -0.15) is 0 Å². The topological polar surface area (TPSA) is 38.0 Å². The van der Waals surface area contributed by atoms with E-state index in [1.807, 2.05) is 12.3 Å². The first-order chi connectivity index (χ1) is 8.54. The van der Waals surface area contributed by atoms with Gasteiger partial charge in [-0.25, -0.2) is 14.2 Å². The molecule has 1 aromatic heterocycles. The zero-order valence-electron chi connectivity index (χ0n) is 9.51. The fraction of sp³-hybridized carbons (Fsp3) is 0.167. The molecule has 18 heavy (non-hydrogen) atoms. The second-order valence-corrected chi connectivity index (χ2v) is 5.15. The minimum Gasteiger partial charge on any atom is -0.271 e. The molecule has 2 rings (SSSR count). The third kappa shape index (κ3) is 2.40. The molecule has 0 fully saturated rings. The predicted molar refractivity (Wildman–Crippen MR) is 69.6 cm³/mol. The van der Waals surface area contributed by atoms with E-state index in [2.05, 4.69) is 5.43 Å². The van der Waals surface area contributed by atoms with E-state index in [1.165, 1.54) is 23.5 Å². The molecule has 3 N–H and O–H groups in total. The summed E-state index contributed by atoms with van der Waals surface area (Å²) in [5, 5.41) is 2.41. The molecule has 0 aliphatic rings. The highest BCUT2D eigenvalue weighted by atomic mass is 35.5. The Labute approximate surface area is 112 Å². The third-order valence-corrected chi connectivity index (χ3v) is 4.41. The number of nitrogens with two attached hydrogens (primary N) is 1. The number of hydrogen-bond acceptors (Lipinski definition) is 3. The van der Waals surface area contributed by atoms with E-state index in [4.69, 9.17) is 17.4 Å². The molecule has 0 bridgehead atoms. The van der Waals surface area contributed by atoms with E-state index in [1.54, 1.807) is 0 Å². The molecule has 0 amide bonds. The van der Waals surface area contributed by atoms with Crippen LogP contribution in [0.25, 0.3) is 0 Å². The van der Waals surface area contributed by atoms with E-state index >= 15 is 0 Å². The van der Waals surface area contributed by atoms with Gasteiger partial charge in [0, 0.05) is 16.5 Å². The monoisotopic (exact) mass is 288 g/mol. The van der Waals surface area contributed by atoms with Crippen LogP contribution in [0.2, 0.25) is 5.02 Å². The fourth-order valence-electron chi connectivity index (χ4n) is 1.69. The van der Waals surface area contributed by atoms with E-state index in [9.17, 15) is 8.78 Å². The summed E-state index contributed by atoms with van der Waals surface area (Å²) in [6.45, 7) is 1.86. The Kier molecular flexibility index (Phi) is 3.97. The van der Waals surface area contributed by atoms with Crippen molar-refractivity contribution in [1.29, 1.82) is 0 Å². The zero-order chi connectivity index (χ0) is 13.3. The molecule has 96 valence electrons. The summed E-state index contributed by atoms with van der Waals surface area (Å²) in [6.07, 6.45) is 0. The van der Waals surface area contributed by atoms with Crippen LogP contribution in [0.3, 0.4) is 0 Å². The van der Waals surface area contributed by atoms with Crippen molar-refractivity contribution in [3.63, 3.8) is 0 Å². The highest BCUT2D eigenvalue weighted by molar-refractivity contribution is 7.10. The molecule has 1 aromatic carbocycles. The molecule has 0 aliphatic carbocycles. The van der Waals surface area contributed by atoms with Crippen molar-refractivity contribution < 1.29 is 8.78 Å². The second kappa shape index (κ2) is 5.32. The molecule has 0 aliphatic heterocycles. The molecule has 1 atom stereocenters. The summed E-state index contributed by atoms with van der Waals surface area (Å²) in [7, 11) is 0. The number of hydrazine groups is 1. The summed E-state index contributed by atoms with van der Waals surface area (Å²) in [5.41, 5.74) is 3.68. The van der Waals surface area contributed by atoms with Crippen LogP contribution in [0, 0.1) is 18.6 Å². The van der Waals surface area contributed by atoms with Crippen molar-refractivity contribution in [2.75, 3.05) is 0 Å². The summed E-state index contributed by atoms with van der Waals surface area (Å²) >= 11 is 7.52. The van der Waals surface area contributed by atoms with Crippen LogP contribution >= 0.6 is 22.9 Å². The number of rotatable bonds is 3. The highest BCUT2D eigenvalue weighted by Gasteiger charge is 2.21. The van der Waals surface area contributed by atoms with Crippen LogP contribution in [0.1, 0.15) is 22.0 Å². The van der Waals surface area contributed by atoms with Gasteiger partial charge in [-0.3, -0.25) is 5.84 Å². The minimum absolute atomic E-state index is 0.266. The molecule has 1 heterocycles. The van der Waals surface area contributed by atoms with Gasteiger partial charge in [-0.05, 0) is 23.9 Å². The maximum atomic E-state index is 13.7. The van der Waals surface area contributed by atoms with Gasteiger partial charge in [0.2, 0.25) is 0 Å². The van der Waals surface area contributed by atoms with E-state index in [0.717, 1.165) is 11.6 Å². The lowest BCUT2D eigenvalue weighted by Gasteiger charge is -2.16. The van der Waals surface area contributed by atoms with Crippen LogP contribution in [0.15, 0.2) is 23.6 Å². The van der Waals surface area contributed by atoms with Crippen LogP contribution in [0.4, 0.5) is 8.78 Å². The summed E-state index contributed by atoms with van der Waals surface area (Å²) in [6, 6.07) is 2.79. The Morgan fingerprint density at radius 3 is 2.61 bits per heavy atom. The van der Waals surface area contributed by atoms with Crippen molar-refractivity contribution in [2.24, 2.45) is 5.84 Å². The van der Waals surface area contributed by atoms with Gasteiger partial charge < -0.3 is 0 Å². The summed E-state index contributed by atoms with van der Waals surface area (Å²) in [5.74, 6) is 4.18. The van der Waals surface area contributed by atoms with E-state index < -0.39 is 17.7 Å². The Bertz CT molecular complexity index is 571. The third-order valence-electron chi connectivity index (χ3n) is 2.63. The first-order valence-electron chi connectivity index (χ1n) is 5.19. The summed E-state index contributed by atoms with van der Waals surface area (Å²) < 4.78 is 26.6. The number of halogens is 3. The average Bonchev–Trinajstić information content (AvgIpc) is 2.65. The first-order valence-corrected chi connectivity index (χ1v) is 6.45. The van der Waals surface area contributed by atoms with Crippen molar-refractivity contribution in [3.8, 4) is 0 Å². The number of thiophene rings is 1. The highest BCUT2D eigenvalue weighted by Crippen LogP contribution is 2.36. The molecule has 0 spiro atoms. The normalized spacial score (nSPS) is 12.7. The van der Waals surface area contributed by atoms with Gasteiger partial charge in [0.05, 0.1) is 11.1 Å². The first kappa shape index (κ1) is 13.4. The van der Waals surface area contributed by atoms with Crippen LogP contribution < -0.4 is 11.3 Å². The molecular weight excluding hydrogens is 278 g/mol. The smallest absolute Gasteiger partial charge is 0.131 e.